The van der Waals surface area contributed by atoms with Gasteiger partial charge in [0, 0.05) is 30.4 Å². The van der Waals surface area contributed by atoms with Crippen LogP contribution in [0.1, 0.15) is 29.7 Å². The minimum Gasteiger partial charge on any atom is -0.488 e. The fourth-order valence-corrected chi connectivity index (χ4v) is 1.86. The topological polar surface area (TPSA) is 53.1 Å². The van der Waals surface area contributed by atoms with Crippen LogP contribution in [0.5, 0.6) is 5.75 Å². The molecule has 0 bridgehead atoms. The molecule has 1 aromatic heterocycles. The summed E-state index contributed by atoms with van der Waals surface area (Å²) in [6.07, 6.45) is 3.75. The molecule has 0 fully saturated rings. The summed E-state index contributed by atoms with van der Waals surface area (Å²) in [6, 6.07) is 6.05. The van der Waals surface area contributed by atoms with E-state index in [0.717, 1.165) is 16.9 Å². The number of aromatic nitrogens is 2. The van der Waals surface area contributed by atoms with Crippen molar-refractivity contribution in [1.82, 2.24) is 9.78 Å². The molecule has 4 heteroatoms. The van der Waals surface area contributed by atoms with Crippen molar-refractivity contribution in [1.29, 1.82) is 0 Å². The molecule has 2 N–H and O–H groups in total. The third kappa shape index (κ3) is 2.90. The summed E-state index contributed by atoms with van der Waals surface area (Å²) in [4.78, 5) is 0. The Bertz CT molecular complexity index is 532. The molecule has 2 rings (SSSR count). The van der Waals surface area contributed by atoms with E-state index >= 15 is 0 Å². The first-order valence-electron chi connectivity index (χ1n) is 6.02. The smallest absolute Gasteiger partial charge is 0.124 e. The number of nitrogens with zero attached hydrogens (tertiary/aromatic N) is 2. The Morgan fingerprint density at radius 2 is 2.22 bits per heavy atom. The molecule has 96 valence electrons. The predicted molar refractivity (Wildman–Crippen MR) is 71.3 cm³/mol. The molecular formula is C14H19N3O. The van der Waals surface area contributed by atoms with Crippen molar-refractivity contribution in [2.45, 2.75) is 26.5 Å². The molecule has 0 spiro atoms. The number of ether oxygens (including phenoxy) is 1. The van der Waals surface area contributed by atoms with Gasteiger partial charge in [0.2, 0.25) is 0 Å². The monoisotopic (exact) mass is 245 g/mol. The Hall–Kier alpha value is -1.81. The second-order valence-corrected chi connectivity index (χ2v) is 4.64. The molecule has 0 aliphatic carbocycles. The van der Waals surface area contributed by atoms with Crippen molar-refractivity contribution in [3.05, 3.63) is 47.3 Å². The maximum absolute atomic E-state index is 5.96. The van der Waals surface area contributed by atoms with Crippen molar-refractivity contribution >= 4 is 0 Å². The van der Waals surface area contributed by atoms with E-state index < -0.39 is 0 Å². The molecule has 1 atom stereocenters. The number of hydrogen-bond donors (Lipinski definition) is 1. The van der Waals surface area contributed by atoms with Gasteiger partial charge in [0.15, 0.2) is 0 Å². The van der Waals surface area contributed by atoms with Crippen LogP contribution < -0.4 is 10.5 Å². The van der Waals surface area contributed by atoms with Crippen LogP contribution in [0, 0.1) is 6.92 Å². The summed E-state index contributed by atoms with van der Waals surface area (Å²) < 4.78 is 7.58. The number of nitrogens with two attached hydrogens (primary N) is 1. The normalized spacial score (nSPS) is 12.4. The first-order chi connectivity index (χ1) is 8.56. The SMILES string of the molecule is Cc1ccc(OCc2cnn(C)c2)c(C(C)N)c1. The second kappa shape index (κ2) is 5.23. The zero-order valence-electron chi connectivity index (χ0n) is 11.1. The zero-order valence-corrected chi connectivity index (χ0v) is 11.1. The lowest BCUT2D eigenvalue weighted by molar-refractivity contribution is 0.301. The van der Waals surface area contributed by atoms with Gasteiger partial charge in [-0.05, 0) is 19.9 Å². The minimum atomic E-state index is -0.0335. The highest BCUT2D eigenvalue weighted by Gasteiger charge is 2.09. The van der Waals surface area contributed by atoms with Gasteiger partial charge in [0.1, 0.15) is 12.4 Å². The standard InChI is InChI=1S/C14H19N3O/c1-10-4-5-14(13(6-10)11(2)15)18-9-12-7-16-17(3)8-12/h4-8,11H,9,15H2,1-3H3. The number of aryl methyl sites for hydroxylation is 2. The van der Waals surface area contributed by atoms with Gasteiger partial charge in [-0.2, -0.15) is 5.10 Å². The maximum atomic E-state index is 5.96. The first kappa shape index (κ1) is 12.6. The third-order valence-electron chi connectivity index (χ3n) is 2.81. The van der Waals surface area contributed by atoms with E-state index in [1.54, 1.807) is 10.9 Å². The fraction of sp³-hybridized carbons (Fsp3) is 0.357. The van der Waals surface area contributed by atoms with Crippen LogP contribution in [0.3, 0.4) is 0 Å². The number of rotatable bonds is 4. The van der Waals surface area contributed by atoms with Gasteiger partial charge in [-0.3, -0.25) is 4.68 Å². The van der Waals surface area contributed by atoms with Crippen LogP contribution in [0.15, 0.2) is 30.6 Å². The molecule has 0 saturated heterocycles. The van der Waals surface area contributed by atoms with E-state index in [-0.39, 0.29) is 6.04 Å². The number of benzene rings is 1. The summed E-state index contributed by atoms with van der Waals surface area (Å²) in [7, 11) is 1.89. The highest BCUT2D eigenvalue weighted by atomic mass is 16.5. The summed E-state index contributed by atoms with van der Waals surface area (Å²) in [5, 5.41) is 4.11. The lowest BCUT2D eigenvalue weighted by Gasteiger charge is -2.14. The molecule has 2 aromatic rings. The van der Waals surface area contributed by atoms with Gasteiger partial charge in [-0.1, -0.05) is 17.7 Å². The Labute approximate surface area is 107 Å². The summed E-state index contributed by atoms with van der Waals surface area (Å²) in [5.74, 6) is 0.847. The van der Waals surface area contributed by atoms with Gasteiger partial charge in [0.05, 0.1) is 6.20 Å². The Kier molecular flexibility index (Phi) is 3.67. The molecule has 18 heavy (non-hydrogen) atoms. The summed E-state index contributed by atoms with van der Waals surface area (Å²) in [6.45, 7) is 4.53. The summed E-state index contributed by atoms with van der Waals surface area (Å²) >= 11 is 0. The maximum Gasteiger partial charge on any atom is 0.124 e. The Balaban J connectivity index is 2.13. The average molecular weight is 245 g/mol. The largest absolute Gasteiger partial charge is 0.488 e. The molecular weight excluding hydrogens is 226 g/mol. The van der Waals surface area contributed by atoms with Gasteiger partial charge in [-0.25, -0.2) is 0 Å². The van der Waals surface area contributed by atoms with Crippen molar-refractivity contribution in [3.63, 3.8) is 0 Å². The van der Waals surface area contributed by atoms with E-state index in [1.807, 2.05) is 32.3 Å². The predicted octanol–water partition coefficient (Wildman–Crippen LogP) is 2.33. The van der Waals surface area contributed by atoms with Crippen LogP contribution in [0.4, 0.5) is 0 Å². The van der Waals surface area contributed by atoms with Crippen LogP contribution in [-0.4, -0.2) is 9.78 Å². The molecule has 0 radical (unpaired) electrons. The Morgan fingerprint density at radius 1 is 1.44 bits per heavy atom. The van der Waals surface area contributed by atoms with Crippen molar-refractivity contribution in [2.24, 2.45) is 12.8 Å². The molecule has 0 saturated carbocycles. The van der Waals surface area contributed by atoms with E-state index in [2.05, 4.69) is 18.1 Å². The highest BCUT2D eigenvalue weighted by Crippen LogP contribution is 2.25. The first-order valence-corrected chi connectivity index (χ1v) is 6.02. The molecule has 1 unspecified atom stereocenters. The van der Waals surface area contributed by atoms with Crippen molar-refractivity contribution < 1.29 is 4.74 Å². The van der Waals surface area contributed by atoms with E-state index in [4.69, 9.17) is 10.5 Å². The Morgan fingerprint density at radius 3 is 2.83 bits per heavy atom. The molecule has 0 amide bonds. The molecule has 0 aliphatic rings. The van der Waals surface area contributed by atoms with E-state index in [9.17, 15) is 0 Å². The highest BCUT2D eigenvalue weighted by molar-refractivity contribution is 5.38. The van der Waals surface area contributed by atoms with E-state index in [0.29, 0.717) is 6.61 Å². The van der Waals surface area contributed by atoms with Crippen LogP contribution in [0.25, 0.3) is 0 Å². The lowest BCUT2D eigenvalue weighted by atomic mass is 10.1. The average Bonchev–Trinajstić information content (AvgIpc) is 2.73. The lowest BCUT2D eigenvalue weighted by Crippen LogP contribution is -2.08. The van der Waals surface area contributed by atoms with Gasteiger partial charge < -0.3 is 10.5 Å². The molecule has 0 aliphatic heterocycles. The van der Waals surface area contributed by atoms with Crippen molar-refractivity contribution in [3.8, 4) is 5.75 Å². The molecule has 1 aromatic carbocycles. The van der Waals surface area contributed by atoms with Gasteiger partial charge in [-0.15, -0.1) is 0 Å². The van der Waals surface area contributed by atoms with Crippen LogP contribution >= 0.6 is 0 Å². The second-order valence-electron chi connectivity index (χ2n) is 4.64. The van der Waals surface area contributed by atoms with Gasteiger partial charge in [0.25, 0.3) is 0 Å². The van der Waals surface area contributed by atoms with Gasteiger partial charge >= 0.3 is 0 Å². The van der Waals surface area contributed by atoms with Crippen molar-refractivity contribution in [2.75, 3.05) is 0 Å². The van der Waals surface area contributed by atoms with Crippen LogP contribution in [0.2, 0.25) is 0 Å². The quantitative estimate of drug-likeness (QED) is 0.899. The minimum absolute atomic E-state index is 0.0335. The third-order valence-corrected chi connectivity index (χ3v) is 2.81. The number of hydrogen-bond acceptors (Lipinski definition) is 3. The summed E-state index contributed by atoms with van der Waals surface area (Å²) in [5.41, 5.74) is 9.24. The van der Waals surface area contributed by atoms with E-state index in [1.165, 1.54) is 5.56 Å². The molecule has 4 nitrogen and oxygen atoms in total. The zero-order chi connectivity index (χ0) is 13.1. The van der Waals surface area contributed by atoms with Crippen LogP contribution in [-0.2, 0) is 13.7 Å². The fourth-order valence-electron chi connectivity index (χ4n) is 1.86. The molecule has 1 heterocycles.